The standard InChI is InChI=1S/C14H15F2NO2.C14H17NO4.C13H17NO3.C13H15NO3.C8H11NO.C7H10O4/c1-19-12-4-2-10(3-5-12)8-17-9-11(6-13(15)16)7-14(17)18;1-18-12-5-3-10(4-6-12)8-15-9-11(7-13(15)16)14(17)19-2;2*1-17-12-4-2-10(3-5-12)7-14-8-11(9-15)6-13(14)16;1-10-8-4-2-7(6-9)3-5-8;1-5(7(9)11-3)4-6(8)10-2/h2-6,11H,7-9H2,1H3;3-6,11H,7-9H2,1-2H3;2-5,11,15H,6-9H2,1H3;2-5,9,11H,6-8H2,1H3;2-5H,6,9H2,1H3;1,4H2,2-3H3. The summed E-state index contributed by atoms with van der Waals surface area (Å²) in [4.78, 5) is 96.9. The Morgan fingerprint density at radius 2 is 0.839 bits per heavy atom. The van der Waals surface area contributed by atoms with Crippen LogP contribution in [0.4, 0.5) is 8.78 Å². The molecule has 4 atom stereocenters. The van der Waals surface area contributed by atoms with Crippen LogP contribution < -0.4 is 29.4 Å². The second-order valence-electron chi connectivity index (χ2n) is 21.6. The molecular formula is C69H85F2N5O17. The molecule has 0 aliphatic carbocycles. The number of halogens is 2. The van der Waals surface area contributed by atoms with Crippen molar-refractivity contribution in [3.63, 3.8) is 0 Å². The van der Waals surface area contributed by atoms with Gasteiger partial charge in [-0.1, -0.05) is 67.2 Å². The molecule has 5 aromatic rings. The number of methoxy groups -OCH3 is 8. The van der Waals surface area contributed by atoms with Gasteiger partial charge < -0.3 is 73.1 Å². The number of carbonyl (C=O) groups excluding carboxylic acids is 8. The van der Waals surface area contributed by atoms with Gasteiger partial charge in [0.05, 0.1) is 69.2 Å². The van der Waals surface area contributed by atoms with E-state index in [1.165, 1.54) is 21.3 Å². The van der Waals surface area contributed by atoms with Crippen LogP contribution in [0.2, 0.25) is 0 Å². The lowest BCUT2D eigenvalue weighted by Gasteiger charge is -2.16. The SMILES string of the molecule is C=C(CC(=O)OC)C(=O)OC.COC(=O)C1CC(=O)N(Cc2ccc(OC)cc2)C1.COc1ccc(CN)cc1.COc1ccc(CN2CC(C=C(F)F)CC2=O)cc1.COc1ccc(CN2CC(C=O)CC2=O)cc1.COc1ccc(CN2CC(CO)CC2=O)cc1. The van der Waals surface area contributed by atoms with Crippen molar-refractivity contribution in [2.24, 2.45) is 29.4 Å². The minimum atomic E-state index is -1.72. The van der Waals surface area contributed by atoms with E-state index in [1.807, 2.05) is 121 Å². The molecule has 4 unspecified atom stereocenters. The Kier molecular flexibility index (Phi) is 32.8. The number of aliphatic hydroxyl groups excluding tert-OH is 1. The second-order valence-corrected chi connectivity index (χ2v) is 21.6. The van der Waals surface area contributed by atoms with Crippen molar-refractivity contribution in [2.45, 2.75) is 64.8 Å². The van der Waals surface area contributed by atoms with Crippen LogP contribution in [0.15, 0.2) is 146 Å². The van der Waals surface area contributed by atoms with E-state index < -0.39 is 18.0 Å². The van der Waals surface area contributed by atoms with Crippen LogP contribution in [-0.2, 0) is 85.3 Å². The van der Waals surface area contributed by atoms with Gasteiger partial charge in [-0.3, -0.25) is 28.8 Å². The fraction of sp³-hybridized carbons (Fsp3) is 0.391. The number of likely N-dealkylation sites (tertiary alicyclic amines) is 4. The molecule has 22 nitrogen and oxygen atoms in total. The lowest BCUT2D eigenvalue weighted by molar-refractivity contribution is -0.145. The van der Waals surface area contributed by atoms with Gasteiger partial charge in [-0.05, 0) is 94.6 Å². The van der Waals surface area contributed by atoms with Crippen LogP contribution in [0.5, 0.6) is 28.7 Å². The lowest BCUT2D eigenvalue weighted by atomic mass is 10.1. The van der Waals surface area contributed by atoms with E-state index in [-0.39, 0.29) is 84.7 Å². The summed E-state index contributed by atoms with van der Waals surface area (Å²) in [6, 6.07) is 37.9. The molecule has 4 aliphatic heterocycles. The number of ether oxygens (including phenoxy) is 8. The first-order valence-electron chi connectivity index (χ1n) is 29.6. The fourth-order valence-corrected chi connectivity index (χ4v) is 9.70. The van der Waals surface area contributed by atoms with E-state index in [1.54, 1.807) is 55.1 Å². The third-order valence-corrected chi connectivity index (χ3v) is 14.9. The van der Waals surface area contributed by atoms with Crippen molar-refractivity contribution in [1.29, 1.82) is 0 Å². The molecule has 0 aromatic heterocycles. The summed E-state index contributed by atoms with van der Waals surface area (Å²) in [5.74, 6) is 1.94. The first-order valence-corrected chi connectivity index (χ1v) is 29.6. The van der Waals surface area contributed by atoms with Gasteiger partial charge in [-0.2, -0.15) is 8.78 Å². The van der Waals surface area contributed by atoms with E-state index in [0.717, 1.165) is 68.9 Å². The van der Waals surface area contributed by atoms with E-state index in [2.05, 4.69) is 20.8 Å². The molecule has 0 bridgehead atoms. The Balaban J connectivity index is 0.000000241. The summed E-state index contributed by atoms with van der Waals surface area (Å²) in [5, 5.41) is 9.04. The summed E-state index contributed by atoms with van der Waals surface area (Å²) >= 11 is 0. The minimum absolute atomic E-state index is 0.00813. The number of hydrogen-bond donors (Lipinski definition) is 2. The zero-order valence-electron chi connectivity index (χ0n) is 53.9. The first-order chi connectivity index (χ1) is 44.6. The molecule has 3 N–H and O–H groups in total. The zero-order chi connectivity index (χ0) is 68.4. The molecule has 0 spiro atoms. The van der Waals surface area contributed by atoms with Crippen molar-refractivity contribution in [2.75, 3.05) is 89.7 Å². The van der Waals surface area contributed by atoms with E-state index in [0.29, 0.717) is 71.7 Å². The topological polar surface area (TPSA) is 270 Å². The smallest absolute Gasteiger partial charge is 0.333 e. The van der Waals surface area contributed by atoms with Crippen LogP contribution in [0.3, 0.4) is 0 Å². The molecule has 9 rings (SSSR count). The molecule has 4 amide bonds. The van der Waals surface area contributed by atoms with Crippen molar-refractivity contribution < 1.29 is 90.1 Å². The van der Waals surface area contributed by atoms with Crippen LogP contribution in [0.25, 0.3) is 0 Å². The van der Waals surface area contributed by atoms with Crippen molar-refractivity contribution in [3.05, 3.63) is 173 Å². The average Bonchev–Trinajstić information content (AvgIpc) is 2.12. The highest BCUT2D eigenvalue weighted by Crippen LogP contribution is 2.26. The highest BCUT2D eigenvalue weighted by atomic mass is 19.3. The maximum Gasteiger partial charge on any atom is 0.333 e. The van der Waals surface area contributed by atoms with Crippen LogP contribution in [-0.4, -0.2) is 162 Å². The van der Waals surface area contributed by atoms with Crippen LogP contribution in [0, 0.1) is 23.7 Å². The predicted molar refractivity (Wildman–Crippen MR) is 340 cm³/mol. The Hall–Kier alpha value is -9.68. The van der Waals surface area contributed by atoms with Crippen molar-refractivity contribution in [1.82, 2.24) is 19.6 Å². The molecule has 0 saturated carbocycles. The van der Waals surface area contributed by atoms with Crippen molar-refractivity contribution >= 4 is 47.8 Å². The molecule has 5 aromatic carbocycles. The van der Waals surface area contributed by atoms with Gasteiger partial charge in [-0.25, -0.2) is 4.79 Å². The quantitative estimate of drug-likeness (QED) is 0.0307. The maximum atomic E-state index is 12.2. The van der Waals surface area contributed by atoms with Gasteiger partial charge in [0.25, 0.3) is 6.08 Å². The Labute approximate surface area is 541 Å². The molecule has 24 heteroatoms. The highest BCUT2D eigenvalue weighted by Gasteiger charge is 2.35. The summed E-state index contributed by atoms with van der Waals surface area (Å²) in [7, 11) is 11.9. The summed E-state index contributed by atoms with van der Waals surface area (Å²) in [5.41, 5.74) is 10.7. The Morgan fingerprint density at radius 1 is 0.495 bits per heavy atom. The molecule has 4 saturated heterocycles. The number of aldehydes is 1. The number of amides is 4. The molecule has 4 aliphatic rings. The van der Waals surface area contributed by atoms with Gasteiger partial charge in [0.2, 0.25) is 23.6 Å². The van der Waals surface area contributed by atoms with E-state index in [9.17, 15) is 47.1 Å². The second kappa shape index (κ2) is 40.2. The number of nitrogens with two attached hydrogens (primary N) is 1. The van der Waals surface area contributed by atoms with Crippen LogP contribution >= 0.6 is 0 Å². The number of rotatable bonds is 21. The van der Waals surface area contributed by atoms with Gasteiger partial charge >= 0.3 is 17.9 Å². The normalized spacial score (nSPS) is 16.8. The number of esters is 3. The van der Waals surface area contributed by atoms with E-state index in [4.69, 9.17) is 34.5 Å². The van der Waals surface area contributed by atoms with Gasteiger partial charge in [0.1, 0.15) is 35.0 Å². The van der Waals surface area contributed by atoms with Crippen molar-refractivity contribution in [3.8, 4) is 28.7 Å². The number of carbonyl (C=O) groups is 8. The molecular weight excluding hydrogens is 1210 g/mol. The zero-order valence-corrected chi connectivity index (χ0v) is 53.9. The van der Waals surface area contributed by atoms with Gasteiger partial charge in [0.15, 0.2) is 0 Å². The summed E-state index contributed by atoms with van der Waals surface area (Å²) in [6.07, 6.45) is 1.10. The molecule has 4 heterocycles. The Bertz CT molecular complexity index is 3200. The Morgan fingerprint density at radius 3 is 1.15 bits per heavy atom. The highest BCUT2D eigenvalue weighted by molar-refractivity contribution is 5.93. The lowest BCUT2D eigenvalue weighted by Crippen LogP contribution is -2.26. The molecule has 93 heavy (non-hydrogen) atoms. The molecule has 502 valence electrons. The van der Waals surface area contributed by atoms with Gasteiger partial charge in [-0.15, -0.1) is 0 Å². The largest absolute Gasteiger partial charge is 0.497 e. The number of nitrogens with zero attached hydrogens (tertiary/aromatic N) is 4. The summed E-state index contributed by atoms with van der Waals surface area (Å²) < 4.78 is 62.9. The molecule has 4 fully saturated rings. The van der Waals surface area contributed by atoms with E-state index >= 15 is 0 Å². The van der Waals surface area contributed by atoms with Crippen LogP contribution in [0.1, 0.15) is 59.9 Å². The average molecular weight is 1290 g/mol. The predicted octanol–water partition coefficient (Wildman–Crippen LogP) is 7.75. The number of benzene rings is 5. The third kappa shape index (κ3) is 26.2. The maximum absolute atomic E-state index is 12.2. The third-order valence-electron chi connectivity index (χ3n) is 14.9. The number of aliphatic hydroxyl groups is 1. The molecule has 0 radical (unpaired) electrons. The monoisotopic (exact) mass is 1290 g/mol. The number of hydrogen-bond acceptors (Lipinski definition) is 18. The summed E-state index contributed by atoms with van der Waals surface area (Å²) in [6.45, 7) is 8.11. The minimum Gasteiger partial charge on any atom is -0.497 e. The first kappa shape index (κ1) is 75.8. The van der Waals surface area contributed by atoms with Gasteiger partial charge in [0, 0.05) is 115 Å². The fourth-order valence-electron chi connectivity index (χ4n) is 9.70.